The van der Waals surface area contributed by atoms with Gasteiger partial charge in [-0.3, -0.25) is 0 Å². The molecule has 8 atom stereocenters. The first kappa shape index (κ1) is 20.9. The molecular weight excluding hydrogens is 392 g/mol. The molecular formula is C26H30O5. The SMILES string of the molecule is O[C@H]1[C@H](OCc2ccccc2)[C@H]2[C@H]([C@H]3C=C[C@@H]2C3)[C@H](O)[C@]1(O)COCc1ccccc1. The van der Waals surface area contributed by atoms with Crippen LogP contribution in [0.5, 0.6) is 0 Å². The molecule has 5 rings (SSSR count). The molecule has 2 saturated carbocycles. The number of ether oxygens (including phenoxy) is 2. The summed E-state index contributed by atoms with van der Waals surface area (Å²) in [6.45, 7) is 0.502. The van der Waals surface area contributed by atoms with Gasteiger partial charge in [0.2, 0.25) is 0 Å². The number of aliphatic hydroxyl groups excluding tert-OH is 2. The van der Waals surface area contributed by atoms with Crippen LogP contribution in [0.15, 0.2) is 72.8 Å². The fraction of sp³-hybridized carbons (Fsp3) is 0.462. The molecule has 3 N–H and O–H groups in total. The first-order valence-electron chi connectivity index (χ1n) is 11.1. The maximum absolute atomic E-state index is 11.5. The monoisotopic (exact) mass is 422 g/mol. The number of allylic oxidation sites excluding steroid dienone is 2. The van der Waals surface area contributed by atoms with Crippen LogP contribution in [0, 0.1) is 23.7 Å². The molecule has 0 aliphatic heterocycles. The molecule has 0 unspecified atom stereocenters. The molecule has 2 aromatic carbocycles. The Morgan fingerprint density at radius 3 is 2.00 bits per heavy atom. The Labute approximate surface area is 183 Å². The standard InChI is InChI=1S/C26H30O5/c27-24-22-20-12-11-19(13-20)21(22)23(31-15-18-9-5-2-6-10-18)25(28)26(24,29)16-30-14-17-7-3-1-4-8-17/h1-12,19-25,27-29H,13-16H2/t19-,20+,21-,22+,23-,24+,25+,26-/m1/s1. The molecule has 0 aromatic heterocycles. The third-order valence-corrected chi connectivity index (χ3v) is 7.39. The zero-order valence-electron chi connectivity index (χ0n) is 17.5. The van der Waals surface area contributed by atoms with Crippen molar-refractivity contribution in [1.29, 1.82) is 0 Å². The van der Waals surface area contributed by atoms with Crippen molar-refractivity contribution in [2.75, 3.05) is 6.61 Å². The molecule has 2 fully saturated rings. The summed E-state index contributed by atoms with van der Waals surface area (Å²) in [5.41, 5.74) is 0.207. The molecule has 3 aliphatic carbocycles. The van der Waals surface area contributed by atoms with Crippen LogP contribution >= 0.6 is 0 Å². The summed E-state index contributed by atoms with van der Waals surface area (Å²) >= 11 is 0. The summed E-state index contributed by atoms with van der Waals surface area (Å²) in [6, 6.07) is 19.5. The second-order valence-electron chi connectivity index (χ2n) is 9.22. The van der Waals surface area contributed by atoms with Gasteiger partial charge in [0.25, 0.3) is 0 Å². The third kappa shape index (κ3) is 3.75. The molecule has 31 heavy (non-hydrogen) atoms. The zero-order chi connectivity index (χ0) is 21.4. The van der Waals surface area contributed by atoms with Gasteiger partial charge in [-0.25, -0.2) is 0 Å². The number of rotatable bonds is 7. The van der Waals surface area contributed by atoms with E-state index in [2.05, 4.69) is 12.2 Å². The van der Waals surface area contributed by atoms with Gasteiger partial charge in [0.05, 0.1) is 32.0 Å². The lowest BCUT2D eigenvalue weighted by Gasteiger charge is -2.52. The van der Waals surface area contributed by atoms with Crippen molar-refractivity contribution < 1.29 is 24.8 Å². The van der Waals surface area contributed by atoms with E-state index < -0.39 is 23.9 Å². The Balaban J connectivity index is 1.35. The van der Waals surface area contributed by atoms with Crippen LogP contribution in [-0.4, -0.2) is 45.8 Å². The van der Waals surface area contributed by atoms with Gasteiger partial charge in [-0.2, -0.15) is 0 Å². The first-order chi connectivity index (χ1) is 15.1. The van der Waals surface area contributed by atoms with E-state index in [1.165, 1.54) is 0 Å². The average molecular weight is 423 g/mol. The first-order valence-corrected chi connectivity index (χ1v) is 11.1. The van der Waals surface area contributed by atoms with E-state index in [0.717, 1.165) is 17.5 Å². The minimum atomic E-state index is -1.78. The van der Waals surface area contributed by atoms with Gasteiger partial charge >= 0.3 is 0 Å². The van der Waals surface area contributed by atoms with Crippen molar-refractivity contribution in [2.24, 2.45) is 23.7 Å². The predicted molar refractivity (Wildman–Crippen MR) is 116 cm³/mol. The lowest BCUT2D eigenvalue weighted by atomic mass is 9.63. The van der Waals surface area contributed by atoms with E-state index in [4.69, 9.17) is 9.47 Å². The van der Waals surface area contributed by atoms with Crippen LogP contribution < -0.4 is 0 Å². The van der Waals surface area contributed by atoms with Gasteiger partial charge in [-0.1, -0.05) is 72.8 Å². The smallest absolute Gasteiger partial charge is 0.142 e. The second-order valence-corrected chi connectivity index (χ2v) is 9.22. The highest BCUT2D eigenvalue weighted by atomic mass is 16.5. The molecule has 5 heteroatoms. The molecule has 0 amide bonds. The number of aliphatic hydroxyl groups is 3. The summed E-state index contributed by atoms with van der Waals surface area (Å²) in [5.74, 6) is 0.290. The summed E-state index contributed by atoms with van der Waals surface area (Å²) in [5, 5.41) is 34.0. The number of hydrogen-bond acceptors (Lipinski definition) is 5. The van der Waals surface area contributed by atoms with Crippen molar-refractivity contribution in [3.63, 3.8) is 0 Å². The molecule has 0 spiro atoms. The van der Waals surface area contributed by atoms with Gasteiger partial charge in [0.15, 0.2) is 0 Å². The van der Waals surface area contributed by atoms with Gasteiger partial charge in [-0.05, 0) is 35.3 Å². The quantitative estimate of drug-likeness (QED) is 0.598. The number of fused-ring (bicyclic) bond motifs is 5. The van der Waals surface area contributed by atoms with E-state index in [9.17, 15) is 15.3 Å². The molecule has 0 saturated heterocycles. The highest BCUT2D eigenvalue weighted by molar-refractivity contribution is 5.23. The lowest BCUT2D eigenvalue weighted by molar-refractivity contribution is -0.269. The molecule has 5 nitrogen and oxygen atoms in total. The summed E-state index contributed by atoms with van der Waals surface area (Å²) < 4.78 is 12.0. The van der Waals surface area contributed by atoms with Crippen molar-refractivity contribution in [3.8, 4) is 0 Å². The van der Waals surface area contributed by atoms with Crippen molar-refractivity contribution in [3.05, 3.63) is 83.9 Å². The van der Waals surface area contributed by atoms with Gasteiger partial charge in [0, 0.05) is 5.92 Å². The van der Waals surface area contributed by atoms with Crippen LogP contribution in [0.4, 0.5) is 0 Å². The second kappa shape index (κ2) is 8.49. The average Bonchev–Trinajstić information content (AvgIpc) is 3.41. The normalized spacial score (nSPS) is 38.4. The van der Waals surface area contributed by atoms with Crippen LogP contribution in [0.25, 0.3) is 0 Å². The fourth-order valence-electron chi connectivity index (χ4n) is 5.86. The maximum Gasteiger partial charge on any atom is 0.142 e. The molecule has 164 valence electrons. The Hall–Kier alpha value is -2.02. The van der Waals surface area contributed by atoms with Crippen LogP contribution in [0.2, 0.25) is 0 Å². The zero-order valence-corrected chi connectivity index (χ0v) is 17.5. The van der Waals surface area contributed by atoms with Crippen LogP contribution in [0.3, 0.4) is 0 Å². The lowest BCUT2D eigenvalue weighted by Crippen LogP contribution is -2.69. The summed E-state index contributed by atoms with van der Waals surface area (Å²) in [6.07, 6.45) is 2.38. The minimum absolute atomic E-state index is 0.0156. The van der Waals surface area contributed by atoms with Gasteiger partial charge in [0.1, 0.15) is 11.7 Å². The molecule has 3 aliphatic rings. The highest BCUT2D eigenvalue weighted by Crippen LogP contribution is 2.56. The fourth-order valence-corrected chi connectivity index (χ4v) is 5.86. The van der Waals surface area contributed by atoms with E-state index in [1.54, 1.807) is 0 Å². The Morgan fingerprint density at radius 2 is 1.35 bits per heavy atom. The van der Waals surface area contributed by atoms with Crippen LogP contribution in [0.1, 0.15) is 17.5 Å². The third-order valence-electron chi connectivity index (χ3n) is 7.39. The van der Waals surface area contributed by atoms with E-state index in [0.29, 0.717) is 13.2 Å². The van der Waals surface area contributed by atoms with Gasteiger partial charge in [-0.15, -0.1) is 0 Å². The maximum atomic E-state index is 11.5. The molecule has 0 radical (unpaired) electrons. The van der Waals surface area contributed by atoms with Crippen molar-refractivity contribution >= 4 is 0 Å². The van der Waals surface area contributed by atoms with Crippen LogP contribution in [-0.2, 0) is 22.7 Å². The van der Waals surface area contributed by atoms with Crippen molar-refractivity contribution in [2.45, 2.75) is 43.5 Å². The Bertz CT molecular complexity index is 901. The van der Waals surface area contributed by atoms with E-state index in [-0.39, 0.29) is 30.3 Å². The largest absolute Gasteiger partial charge is 0.390 e. The predicted octanol–water partition coefficient (Wildman–Crippen LogP) is 2.69. The Morgan fingerprint density at radius 1 is 0.774 bits per heavy atom. The van der Waals surface area contributed by atoms with E-state index in [1.807, 2.05) is 60.7 Å². The summed E-state index contributed by atoms with van der Waals surface area (Å²) in [4.78, 5) is 0. The number of benzene rings is 2. The Kier molecular flexibility index (Phi) is 5.71. The topological polar surface area (TPSA) is 79.2 Å². The highest BCUT2D eigenvalue weighted by Gasteiger charge is 2.64. The number of hydrogen-bond donors (Lipinski definition) is 3. The van der Waals surface area contributed by atoms with Gasteiger partial charge < -0.3 is 24.8 Å². The molecule has 2 aromatic rings. The summed E-state index contributed by atoms with van der Waals surface area (Å²) in [7, 11) is 0. The molecule has 2 bridgehead atoms. The molecule has 0 heterocycles. The minimum Gasteiger partial charge on any atom is -0.390 e. The van der Waals surface area contributed by atoms with Crippen molar-refractivity contribution in [1.82, 2.24) is 0 Å². The van der Waals surface area contributed by atoms with E-state index >= 15 is 0 Å².